The van der Waals surface area contributed by atoms with Gasteiger partial charge >= 0.3 is 10.7 Å². The van der Waals surface area contributed by atoms with Crippen molar-refractivity contribution in [3.63, 3.8) is 0 Å². The largest absolute Gasteiger partial charge is 0.377 e. The van der Waals surface area contributed by atoms with Crippen molar-refractivity contribution in [1.82, 2.24) is 5.32 Å². The molecule has 0 aliphatic carbocycles. The van der Waals surface area contributed by atoms with Crippen LogP contribution >= 0.6 is 27.7 Å². The zero-order valence-corrected chi connectivity index (χ0v) is 9.26. The van der Waals surface area contributed by atoms with Gasteiger partial charge in [-0.2, -0.15) is 20.5 Å². The van der Waals surface area contributed by atoms with E-state index in [4.69, 9.17) is 0 Å². The standard InChI is InChI=1S/C7H10BrF2NOS/c8-7(9,10)6(12)11-4-5-2-1-3-13-5/h5H,1-4H2,(H,11,12). The number of rotatable bonds is 3. The summed E-state index contributed by atoms with van der Waals surface area (Å²) in [5.74, 6) is -0.189. The maximum Gasteiger partial charge on any atom is 0.377 e. The van der Waals surface area contributed by atoms with Crippen LogP contribution in [0.2, 0.25) is 0 Å². The first-order valence-corrected chi connectivity index (χ1v) is 5.81. The molecule has 1 rings (SSSR count). The Morgan fingerprint density at radius 1 is 1.69 bits per heavy atom. The van der Waals surface area contributed by atoms with Crippen LogP contribution in [0.4, 0.5) is 8.78 Å². The number of carbonyl (C=O) groups is 1. The second-order valence-corrected chi connectivity index (χ2v) is 5.25. The first-order chi connectivity index (χ1) is 6.00. The molecule has 1 saturated heterocycles. The Labute approximate surface area is 88.0 Å². The van der Waals surface area contributed by atoms with Gasteiger partial charge in [-0.15, -0.1) is 0 Å². The predicted molar refractivity (Wildman–Crippen MR) is 52.4 cm³/mol. The zero-order valence-electron chi connectivity index (χ0n) is 6.86. The fourth-order valence-electron chi connectivity index (χ4n) is 1.11. The summed E-state index contributed by atoms with van der Waals surface area (Å²) in [6, 6.07) is 0. The lowest BCUT2D eigenvalue weighted by atomic mass is 10.2. The third kappa shape index (κ3) is 3.81. The molecule has 1 aliphatic rings. The average molecular weight is 274 g/mol. The van der Waals surface area contributed by atoms with Gasteiger partial charge in [0, 0.05) is 27.7 Å². The van der Waals surface area contributed by atoms with Crippen LogP contribution in [0, 0.1) is 0 Å². The predicted octanol–water partition coefficient (Wildman–Crippen LogP) is 1.99. The quantitative estimate of drug-likeness (QED) is 0.797. The maximum absolute atomic E-state index is 12.3. The number of amides is 1. The minimum atomic E-state index is -3.43. The molecule has 2 nitrogen and oxygen atoms in total. The fraction of sp³-hybridized carbons (Fsp3) is 0.857. The summed E-state index contributed by atoms with van der Waals surface area (Å²) >= 11 is 3.72. The SMILES string of the molecule is O=C(NCC1CCCS1)C(F)(F)Br. The van der Waals surface area contributed by atoms with Gasteiger partial charge in [0.15, 0.2) is 0 Å². The Morgan fingerprint density at radius 3 is 2.85 bits per heavy atom. The van der Waals surface area contributed by atoms with Crippen molar-refractivity contribution in [2.75, 3.05) is 12.3 Å². The Morgan fingerprint density at radius 2 is 2.38 bits per heavy atom. The van der Waals surface area contributed by atoms with Gasteiger partial charge < -0.3 is 5.32 Å². The molecule has 0 radical (unpaired) electrons. The van der Waals surface area contributed by atoms with E-state index in [1.165, 1.54) is 0 Å². The number of hydrogen-bond acceptors (Lipinski definition) is 2. The van der Waals surface area contributed by atoms with Crippen molar-refractivity contribution < 1.29 is 13.6 Å². The number of nitrogens with one attached hydrogen (secondary N) is 1. The van der Waals surface area contributed by atoms with Crippen molar-refractivity contribution >= 4 is 33.6 Å². The van der Waals surface area contributed by atoms with Gasteiger partial charge in [-0.3, -0.25) is 4.79 Å². The van der Waals surface area contributed by atoms with Gasteiger partial charge in [-0.05, 0) is 18.6 Å². The van der Waals surface area contributed by atoms with Crippen molar-refractivity contribution in [2.45, 2.75) is 22.9 Å². The summed E-state index contributed by atoms with van der Waals surface area (Å²) in [5.41, 5.74) is 0. The minimum Gasteiger partial charge on any atom is -0.349 e. The van der Waals surface area contributed by atoms with Gasteiger partial charge in [0.2, 0.25) is 0 Å². The summed E-state index contributed by atoms with van der Waals surface area (Å²) < 4.78 is 24.6. The molecule has 1 heterocycles. The van der Waals surface area contributed by atoms with Gasteiger partial charge in [0.05, 0.1) is 0 Å². The van der Waals surface area contributed by atoms with Crippen molar-refractivity contribution in [3.8, 4) is 0 Å². The van der Waals surface area contributed by atoms with Gasteiger partial charge in [-0.25, -0.2) is 0 Å². The van der Waals surface area contributed by atoms with E-state index in [-0.39, 0.29) is 0 Å². The van der Waals surface area contributed by atoms with Crippen LogP contribution in [-0.2, 0) is 4.79 Å². The molecule has 1 fully saturated rings. The van der Waals surface area contributed by atoms with E-state index in [2.05, 4.69) is 5.32 Å². The zero-order chi connectivity index (χ0) is 9.90. The van der Waals surface area contributed by atoms with Gasteiger partial charge in [-0.1, -0.05) is 0 Å². The summed E-state index contributed by atoms with van der Waals surface area (Å²) in [7, 11) is 0. The monoisotopic (exact) mass is 273 g/mol. The van der Waals surface area contributed by atoms with Crippen LogP contribution in [-0.4, -0.2) is 28.3 Å². The highest BCUT2D eigenvalue weighted by atomic mass is 79.9. The molecule has 1 unspecified atom stereocenters. The van der Waals surface area contributed by atoms with Gasteiger partial charge in [0.1, 0.15) is 0 Å². The first-order valence-electron chi connectivity index (χ1n) is 3.97. The second kappa shape index (κ2) is 4.59. The molecule has 1 atom stereocenters. The molecular formula is C7H10BrF2NOS. The van der Waals surface area contributed by atoms with Gasteiger partial charge in [0.25, 0.3) is 0 Å². The Balaban J connectivity index is 2.22. The van der Waals surface area contributed by atoms with Crippen molar-refractivity contribution in [1.29, 1.82) is 0 Å². The molecule has 0 aromatic heterocycles. The topological polar surface area (TPSA) is 29.1 Å². The summed E-state index contributed by atoms with van der Waals surface area (Å²) in [4.78, 5) is 7.27. The highest BCUT2D eigenvalue weighted by Crippen LogP contribution is 2.26. The summed E-state index contributed by atoms with van der Waals surface area (Å²) in [5, 5.41) is 2.51. The maximum atomic E-state index is 12.3. The van der Waals surface area contributed by atoms with E-state index < -0.39 is 10.7 Å². The Bertz CT molecular complexity index is 191. The van der Waals surface area contributed by atoms with Crippen LogP contribution in [0.1, 0.15) is 12.8 Å². The molecule has 76 valence electrons. The third-order valence-corrected chi connectivity index (χ3v) is 3.53. The number of halogens is 3. The minimum absolute atomic E-state index is 0.304. The highest BCUT2D eigenvalue weighted by molar-refractivity contribution is 9.10. The third-order valence-electron chi connectivity index (χ3n) is 1.77. The summed E-state index contributed by atoms with van der Waals surface area (Å²) in [6.45, 7) is 0.338. The van der Waals surface area contributed by atoms with Crippen molar-refractivity contribution in [2.24, 2.45) is 0 Å². The highest BCUT2D eigenvalue weighted by Gasteiger charge is 2.35. The smallest absolute Gasteiger partial charge is 0.349 e. The molecule has 1 aliphatic heterocycles. The second-order valence-electron chi connectivity index (χ2n) is 2.84. The molecule has 0 saturated carbocycles. The molecule has 1 amide bonds. The molecule has 1 N–H and O–H groups in total. The molecule has 0 bridgehead atoms. The van der Waals surface area contributed by atoms with Crippen LogP contribution in [0.5, 0.6) is 0 Å². The molecular weight excluding hydrogens is 264 g/mol. The van der Waals surface area contributed by atoms with Crippen LogP contribution in [0.15, 0.2) is 0 Å². The van der Waals surface area contributed by atoms with Crippen LogP contribution in [0.25, 0.3) is 0 Å². The van der Waals surface area contributed by atoms with E-state index in [1.54, 1.807) is 11.8 Å². The van der Waals surface area contributed by atoms with E-state index >= 15 is 0 Å². The van der Waals surface area contributed by atoms with Crippen LogP contribution < -0.4 is 5.32 Å². The summed E-state index contributed by atoms with van der Waals surface area (Å²) in [6.07, 6.45) is 2.11. The number of carbonyl (C=O) groups excluding carboxylic acids is 1. The van der Waals surface area contributed by atoms with E-state index in [1.807, 2.05) is 15.9 Å². The first kappa shape index (κ1) is 11.2. The Kier molecular flexibility index (Phi) is 3.97. The normalized spacial score (nSPS) is 23.2. The molecule has 13 heavy (non-hydrogen) atoms. The number of hydrogen-bond donors (Lipinski definition) is 1. The van der Waals surface area contributed by atoms with E-state index in [9.17, 15) is 13.6 Å². The number of alkyl halides is 3. The molecule has 0 aromatic carbocycles. The molecule has 6 heteroatoms. The lowest BCUT2D eigenvalue weighted by Crippen LogP contribution is -2.38. The van der Waals surface area contributed by atoms with E-state index in [0.29, 0.717) is 11.8 Å². The lowest BCUT2D eigenvalue weighted by Gasteiger charge is -2.12. The fourth-order valence-corrected chi connectivity index (χ4v) is 2.45. The molecule has 0 spiro atoms. The Hall–Kier alpha value is 0.160. The molecule has 0 aromatic rings. The van der Waals surface area contributed by atoms with E-state index in [0.717, 1.165) is 18.6 Å². The van der Waals surface area contributed by atoms with Crippen molar-refractivity contribution in [3.05, 3.63) is 0 Å². The lowest BCUT2D eigenvalue weighted by molar-refractivity contribution is -0.134. The average Bonchev–Trinajstić information content (AvgIpc) is 2.50. The van der Waals surface area contributed by atoms with Crippen LogP contribution in [0.3, 0.4) is 0 Å². The number of thioether (sulfide) groups is 1.